The first-order valence-electron chi connectivity index (χ1n) is 7.25. The fourth-order valence-corrected chi connectivity index (χ4v) is 2.75. The summed E-state index contributed by atoms with van der Waals surface area (Å²) in [4.78, 5) is 12.2. The van der Waals surface area contributed by atoms with Crippen LogP contribution in [0.4, 0.5) is 11.4 Å². The van der Waals surface area contributed by atoms with Gasteiger partial charge in [0.15, 0.2) is 0 Å². The minimum Gasteiger partial charge on any atom is -0.382 e. The maximum atomic E-state index is 12.2. The molecular weight excluding hydrogens is 254 g/mol. The van der Waals surface area contributed by atoms with Crippen molar-refractivity contribution in [3.63, 3.8) is 0 Å². The normalized spacial score (nSPS) is 24.4. The van der Waals surface area contributed by atoms with Gasteiger partial charge in [0, 0.05) is 37.7 Å². The molecule has 1 fully saturated rings. The van der Waals surface area contributed by atoms with E-state index in [1.807, 2.05) is 18.2 Å². The molecule has 0 bridgehead atoms. The molecule has 2 aliphatic heterocycles. The second-order valence-electron chi connectivity index (χ2n) is 5.45. The maximum Gasteiger partial charge on any atom is 0.251 e. The predicted molar refractivity (Wildman–Crippen MR) is 79.3 cm³/mol. The molecule has 1 saturated heterocycles. The van der Waals surface area contributed by atoms with Crippen LogP contribution in [0.15, 0.2) is 18.2 Å². The van der Waals surface area contributed by atoms with Gasteiger partial charge in [0.05, 0.1) is 17.5 Å². The Hall–Kier alpha value is -1.75. The van der Waals surface area contributed by atoms with E-state index in [0.717, 1.165) is 37.5 Å². The number of hydrogen-bond acceptors (Lipinski definition) is 4. The lowest BCUT2D eigenvalue weighted by Crippen LogP contribution is -2.32. The maximum absolute atomic E-state index is 12.2. The van der Waals surface area contributed by atoms with Crippen LogP contribution in [0.25, 0.3) is 0 Å². The summed E-state index contributed by atoms with van der Waals surface area (Å²) in [6, 6.07) is 5.73. The molecule has 0 saturated carbocycles. The SMILES string of the molecule is CC1OCCC1CNC(=O)c1ccc2c(c1)NCCN2. The Balaban J connectivity index is 1.62. The van der Waals surface area contributed by atoms with Crippen molar-refractivity contribution in [3.05, 3.63) is 23.8 Å². The van der Waals surface area contributed by atoms with E-state index in [4.69, 9.17) is 4.74 Å². The van der Waals surface area contributed by atoms with E-state index in [9.17, 15) is 4.79 Å². The summed E-state index contributed by atoms with van der Waals surface area (Å²) in [6.07, 6.45) is 1.27. The number of ether oxygens (including phenoxy) is 1. The minimum absolute atomic E-state index is 0.0146. The Morgan fingerprint density at radius 2 is 2.15 bits per heavy atom. The van der Waals surface area contributed by atoms with E-state index in [0.29, 0.717) is 18.0 Å². The number of amides is 1. The number of benzene rings is 1. The third-order valence-corrected chi connectivity index (χ3v) is 4.10. The molecular formula is C15H21N3O2. The first kappa shape index (κ1) is 13.2. The van der Waals surface area contributed by atoms with Crippen molar-refractivity contribution in [2.75, 3.05) is 36.9 Å². The van der Waals surface area contributed by atoms with E-state index < -0.39 is 0 Å². The van der Waals surface area contributed by atoms with E-state index in [1.54, 1.807) is 0 Å². The van der Waals surface area contributed by atoms with Gasteiger partial charge in [-0.15, -0.1) is 0 Å². The van der Waals surface area contributed by atoms with Crippen molar-refractivity contribution < 1.29 is 9.53 Å². The van der Waals surface area contributed by atoms with Gasteiger partial charge in [-0.05, 0) is 31.5 Å². The zero-order valence-corrected chi connectivity index (χ0v) is 11.7. The Bertz CT molecular complexity index is 504. The van der Waals surface area contributed by atoms with Gasteiger partial charge in [-0.2, -0.15) is 0 Å². The molecule has 2 atom stereocenters. The first-order chi connectivity index (χ1) is 9.74. The predicted octanol–water partition coefficient (Wildman–Crippen LogP) is 1.68. The van der Waals surface area contributed by atoms with Crippen LogP contribution in [-0.2, 0) is 4.74 Å². The molecule has 0 spiro atoms. The summed E-state index contributed by atoms with van der Waals surface area (Å²) in [6.45, 7) is 5.35. The molecule has 1 aromatic carbocycles. The number of carbonyl (C=O) groups excluding carboxylic acids is 1. The average Bonchev–Trinajstić information content (AvgIpc) is 2.89. The third-order valence-electron chi connectivity index (χ3n) is 4.10. The van der Waals surface area contributed by atoms with Crippen molar-refractivity contribution in [2.45, 2.75) is 19.4 Å². The Morgan fingerprint density at radius 3 is 2.90 bits per heavy atom. The second-order valence-corrected chi connectivity index (χ2v) is 5.45. The van der Waals surface area contributed by atoms with Crippen LogP contribution in [0.2, 0.25) is 0 Å². The molecule has 5 heteroatoms. The zero-order valence-electron chi connectivity index (χ0n) is 11.7. The molecule has 108 valence electrons. The van der Waals surface area contributed by atoms with Gasteiger partial charge in [0.25, 0.3) is 5.91 Å². The van der Waals surface area contributed by atoms with Crippen LogP contribution in [0.1, 0.15) is 23.7 Å². The largest absolute Gasteiger partial charge is 0.382 e. The lowest BCUT2D eigenvalue weighted by molar-refractivity contribution is 0.0907. The number of fused-ring (bicyclic) bond motifs is 1. The summed E-state index contributed by atoms with van der Waals surface area (Å²) in [5.74, 6) is 0.413. The molecule has 2 unspecified atom stereocenters. The molecule has 0 radical (unpaired) electrons. The smallest absolute Gasteiger partial charge is 0.251 e. The molecule has 5 nitrogen and oxygen atoms in total. The van der Waals surface area contributed by atoms with E-state index in [2.05, 4.69) is 22.9 Å². The molecule has 0 aromatic heterocycles. The topological polar surface area (TPSA) is 62.4 Å². The van der Waals surface area contributed by atoms with E-state index >= 15 is 0 Å². The molecule has 3 rings (SSSR count). The van der Waals surface area contributed by atoms with E-state index in [-0.39, 0.29) is 12.0 Å². The highest BCUT2D eigenvalue weighted by Crippen LogP contribution is 2.25. The highest BCUT2D eigenvalue weighted by Gasteiger charge is 2.24. The lowest BCUT2D eigenvalue weighted by Gasteiger charge is -2.20. The molecule has 20 heavy (non-hydrogen) atoms. The van der Waals surface area contributed by atoms with E-state index in [1.165, 1.54) is 0 Å². The van der Waals surface area contributed by atoms with Crippen molar-refractivity contribution in [1.82, 2.24) is 5.32 Å². The van der Waals surface area contributed by atoms with Gasteiger partial charge in [-0.25, -0.2) is 0 Å². The summed E-state index contributed by atoms with van der Waals surface area (Å²) in [5.41, 5.74) is 2.76. The fourth-order valence-electron chi connectivity index (χ4n) is 2.75. The van der Waals surface area contributed by atoms with Crippen LogP contribution in [0, 0.1) is 5.92 Å². The Kier molecular flexibility index (Phi) is 3.78. The van der Waals surface area contributed by atoms with Crippen LogP contribution in [-0.4, -0.2) is 38.3 Å². The van der Waals surface area contributed by atoms with Crippen molar-refractivity contribution in [1.29, 1.82) is 0 Å². The summed E-state index contributed by atoms with van der Waals surface area (Å²) < 4.78 is 5.51. The Labute approximate surface area is 119 Å². The Morgan fingerprint density at radius 1 is 1.35 bits per heavy atom. The summed E-state index contributed by atoms with van der Waals surface area (Å²) in [5, 5.41) is 9.61. The molecule has 2 heterocycles. The average molecular weight is 275 g/mol. The number of carbonyl (C=O) groups is 1. The minimum atomic E-state index is -0.0146. The van der Waals surface area contributed by atoms with Crippen LogP contribution < -0.4 is 16.0 Å². The molecule has 3 N–H and O–H groups in total. The summed E-state index contributed by atoms with van der Waals surface area (Å²) in [7, 11) is 0. The van der Waals surface area contributed by atoms with Crippen LogP contribution in [0.3, 0.4) is 0 Å². The standard InChI is InChI=1S/C15H21N3O2/c1-10-12(4-7-20-10)9-18-15(19)11-2-3-13-14(8-11)17-6-5-16-13/h2-3,8,10,12,16-17H,4-7,9H2,1H3,(H,18,19). The van der Waals surface area contributed by atoms with Gasteiger partial charge in [-0.3, -0.25) is 4.79 Å². The molecule has 1 amide bonds. The zero-order chi connectivity index (χ0) is 13.9. The van der Waals surface area contributed by atoms with Gasteiger partial charge in [-0.1, -0.05) is 0 Å². The lowest BCUT2D eigenvalue weighted by atomic mass is 10.0. The highest BCUT2D eigenvalue weighted by molar-refractivity contribution is 5.96. The highest BCUT2D eigenvalue weighted by atomic mass is 16.5. The van der Waals surface area contributed by atoms with Gasteiger partial charge in [0.1, 0.15) is 0 Å². The van der Waals surface area contributed by atoms with Crippen molar-refractivity contribution in [3.8, 4) is 0 Å². The second kappa shape index (κ2) is 5.71. The van der Waals surface area contributed by atoms with Crippen molar-refractivity contribution >= 4 is 17.3 Å². The van der Waals surface area contributed by atoms with Crippen molar-refractivity contribution in [2.24, 2.45) is 5.92 Å². The first-order valence-corrected chi connectivity index (χ1v) is 7.25. The monoisotopic (exact) mass is 275 g/mol. The molecule has 1 aromatic rings. The van der Waals surface area contributed by atoms with Crippen LogP contribution >= 0.6 is 0 Å². The van der Waals surface area contributed by atoms with Gasteiger partial charge in [0.2, 0.25) is 0 Å². The number of nitrogens with one attached hydrogen (secondary N) is 3. The molecule has 2 aliphatic rings. The van der Waals surface area contributed by atoms with Gasteiger partial charge >= 0.3 is 0 Å². The number of anilines is 2. The summed E-state index contributed by atoms with van der Waals surface area (Å²) >= 11 is 0. The van der Waals surface area contributed by atoms with Crippen LogP contribution in [0.5, 0.6) is 0 Å². The van der Waals surface area contributed by atoms with Gasteiger partial charge < -0.3 is 20.7 Å². The number of hydrogen-bond donors (Lipinski definition) is 3. The third kappa shape index (κ3) is 2.72. The number of rotatable bonds is 3. The fraction of sp³-hybridized carbons (Fsp3) is 0.533. The quantitative estimate of drug-likeness (QED) is 0.785. The molecule has 0 aliphatic carbocycles.